The van der Waals surface area contributed by atoms with Crippen LogP contribution in [0.25, 0.3) is 0 Å². The lowest BCUT2D eigenvalue weighted by Gasteiger charge is -2.34. The van der Waals surface area contributed by atoms with E-state index >= 15 is 0 Å². The molecule has 0 saturated carbocycles. The number of anilines is 1. The number of nitro groups is 1. The number of piperazine rings is 1. The molecule has 0 amide bonds. The second-order valence-corrected chi connectivity index (χ2v) is 4.86. The number of rotatable bonds is 4. The van der Waals surface area contributed by atoms with Crippen molar-refractivity contribution < 1.29 is 9.45 Å². The van der Waals surface area contributed by atoms with Gasteiger partial charge in [-0.25, -0.2) is 4.98 Å². The fourth-order valence-electron chi connectivity index (χ4n) is 2.44. The number of pyridine rings is 1. The van der Waals surface area contributed by atoms with Crippen LogP contribution in [0.15, 0.2) is 35.2 Å². The minimum absolute atomic E-state index is 0.0578. The highest BCUT2D eigenvalue weighted by atomic mass is 16.6. The maximum Gasteiger partial charge on any atom is 0.311 e. The zero-order valence-electron chi connectivity index (χ0n) is 11.4. The van der Waals surface area contributed by atoms with Gasteiger partial charge < -0.3 is 9.42 Å². The number of nitrogens with zero attached hydrogens (tertiary/aromatic N) is 5. The Labute approximate surface area is 121 Å². The lowest BCUT2D eigenvalue weighted by molar-refractivity contribution is -0.384. The van der Waals surface area contributed by atoms with Crippen molar-refractivity contribution in [2.75, 3.05) is 31.1 Å². The van der Waals surface area contributed by atoms with Gasteiger partial charge in [0, 0.05) is 51.1 Å². The van der Waals surface area contributed by atoms with E-state index in [2.05, 4.69) is 15.0 Å². The van der Waals surface area contributed by atoms with Crippen LogP contribution >= 0.6 is 0 Å². The van der Waals surface area contributed by atoms with Gasteiger partial charge in [-0.2, -0.15) is 0 Å². The molecule has 1 saturated heterocycles. The maximum absolute atomic E-state index is 11.1. The Morgan fingerprint density at radius 1 is 1.29 bits per heavy atom. The predicted molar refractivity (Wildman–Crippen MR) is 74.9 cm³/mol. The first-order valence-corrected chi connectivity index (χ1v) is 6.70. The summed E-state index contributed by atoms with van der Waals surface area (Å²) >= 11 is 0. The molecule has 2 aromatic heterocycles. The predicted octanol–water partition coefficient (Wildman–Crippen LogP) is 1.30. The summed E-state index contributed by atoms with van der Waals surface area (Å²) in [5, 5.41) is 14.9. The first kappa shape index (κ1) is 13.5. The van der Waals surface area contributed by atoms with Crippen LogP contribution in [-0.2, 0) is 6.54 Å². The van der Waals surface area contributed by atoms with E-state index in [-0.39, 0.29) is 10.6 Å². The van der Waals surface area contributed by atoms with Crippen LogP contribution < -0.4 is 4.90 Å². The Bertz CT molecular complexity index is 608. The average Bonchev–Trinajstić information content (AvgIpc) is 3.01. The van der Waals surface area contributed by atoms with E-state index in [1.165, 1.54) is 6.07 Å². The summed E-state index contributed by atoms with van der Waals surface area (Å²) in [4.78, 5) is 19.0. The average molecular weight is 289 g/mol. The molecule has 0 radical (unpaired) electrons. The molecule has 21 heavy (non-hydrogen) atoms. The van der Waals surface area contributed by atoms with E-state index in [0.717, 1.165) is 25.3 Å². The fourth-order valence-corrected chi connectivity index (χ4v) is 2.44. The molecule has 0 bridgehead atoms. The van der Waals surface area contributed by atoms with Crippen molar-refractivity contribution in [2.24, 2.45) is 0 Å². The zero-order valence-corrected chi connectivity index (χ0v) is 11.4. The second-order valence-electron chi connectivity index (χ2n) is 4.86. The Morgan fingerprint density at radius 3 is 2.76 bits per heavy atom. The van der Waals surface area contributed by atoms with Crippen LogP contribution in [0.4, 0.5) is 11.5 Å². The van der Waals surface area contributed by atoms with E-state index in [1.807, 2.05) is 11.0 Å². The quantitative estimate of drug-likeness (QED) is 0.619. The SMILES string of the molecule is O=[N+]([O-])c1cccnc1N1CCN(Cc2ccon2)CC1. The molecule has 110 valence electrons. The number of aromatic nitrogens is 2. The van der Waals surface area contributed by atoms with Gasteiger partial charge in [-0.05, 0) is 6.07 Å². The summed E-state index contributed by atoms with van der Waals surface area (Å²) in [5.74, 6) is 0.448. The molecule has 0 atom stereocenters. The molecule has 1 aliphatic heterocycles. The topological polar surface area (TPSA) is 88.5 Å². The molecule has 0 spiro atoms. The van der Waals surface area contributed by atoms with Crippen LogP contribution in [0.5, 0.6) is 0 Å². The van der Waals surface area contributed by atoms with Crippen LogP contribution in [0.3, 0.4) is 0 Å². The van der Waals surface area contributed by atoms with Gasteiger partial charge in [0.25, 0.3) is 0 Å². The van der Waals surface area contributed by atoms with Crippen molar-refractivity contribution in [2.45, 2.75) is 6.54 Å². The molecule has 8 nitrogen and oxygen atoms in total. The third kappa shape index (κ3) is 3.00. The molecular weight excluding hydrogens is 274 g/mol. The van der Waals surface area contributed by atoms with E-state index in [1.54, 1.807) is 18.5 Å². The molecule has 0 aromatic carbocycles. The van der Waals surface area contributed by atoms with Crippen molar-refractivity contribution in [1.29, 1.82) is 0 Å². The smallest absolute Gasteiger partial charge is 0.311 e. The van der Waals surface area contributed by atoms with Gasteiger partial charge in [-0.1, -0.05) is 5.16 Å². The van der Waals surface area contributed by atoms with Crippen LogP contribution in [-0.4, -0.2) is 46.1 Å². The summed E-state index contributed by atoms with van der Waals surface area (Å²) in [7, 11) is 0. The van der Waals surface area contributed by atoms with Gasteiger partial charge in [-0.3, -0.25) is 15.0 Å². The largest absolute Gasteiger partial charge is 0.364 e. The molecule has 0 aliphatic carbocycles. The van der Waals surface area contributed by atoms with Crippen LogP contribution in [0.2, 0.25) is 0 Å². The van der Waals surface area contributed by atoms with Crippen molar-refractivity contribution in [3.05, 3.63) is 46.5 Å². The van der Waals surface area contributed by atoms with E-state index in [0.29, 0.717) is 18.9 Å². The zero-order chi connectivity index (χ0) is 14.7. The summed E-state index contributed by atoms with van der Waals surface area (Å²) in [6, 6.07) is 4.92. The Hall–Kier alpha value is -2.48. The summed E-state index contributed by atoms with van der Waals surface area (Å²) in [6.07, 6.45) is 3.15. The summed E-state index contributed by atoms with van der Waals surface area (Å²) in [5.41, 5.74) is 0.953. The standard InChI is InChI=1S/C13H15N5O3/c19-18(20)12-2-1-4-14-13(12)17-7-5-16(6-8-17)10-11-3-9-21-15-11/h1-4,9H,5-8,10H2. The first-order valence-electron chi connectivity index (χ1n) is 6.70. The Morgan fingerprint density at radius 2 is 2.10 bits per heavy atom. The van der Waals surface area contributed by atoms with Gasteiger partial charge in [0.2, 0.25) is 5.82 Å². The molecule has 2 aromatic rings. The number of hydrogen-bond acceptors (Lipinski definition) is 7. The molecule has 3 rings (SSSR count). The third-order valence-electron chi connectivity index (χ3n) is 3.51. The highest BCUT2D eigenvalue weighted by Crippen LogP contribution is 2.25. The molecule has 0 unspecified atom stereocenters. The van der Waals surface area contributed by atoms with Gasteiger partial charge in [0.1, 0.15) is 6.26 Å². The van der Waals surface area contributed by atoms with E-state index < -0.39 is 0 Å². The van der Waals surface area contributed by atoms with E-state index in [4.69, 9.17) is 4.52 Å². The molecule has 3 heterocycles. The normalized spacial score (nSPS) is 16.1. The van der Waals surface area contributed by atoms with Crippen LogP contribution in [0.1, 0.15) is 5.69 Å². The summed E-state index contributed by atoms with van der Waals surface area (Å²) in [6.45, 7) is 3.75. The van der Waals surface area contributed by atoms with Crippen LogP contribution in [0, 0.1) is 10.1 Å². The van der Waals surface area contributed by atoms with Gasteiger partial charge in [0.15, 0.2) is 0 Å². The number of hydrogen-bond donors (Lipinski definition) is 0. The Balaban J connectivity index is 1.64. The van der Waals surface area contributed by atoms with Gasteiger partial charge >= 0.3 is 5.69 Å². The van der Waals surface area contributed by atoms with Crippen molar-refractivity contribution >= 4 is 11.5 Å². The minimum atomic E-state index is -0.385. The van der Waals surface area contributed by atoms with Crippen molar-refractivity contribution in [3.63, 3.8) is 0 Å². The second kappa shape index (κ2) is 5.88. The van der Waals surface area contributed by atoms with Crippen molar-refractivity contribution in [1.82, 2.24) is 15.0 Å². The fraction of sp³-hybridized carbons (Fsp3) is 0.385. The van der Waals surface area contributed by atoms with Crippen molar-refractivity contribution in [3.8, 4) is 0 Å². The Kier molecular flexibility index (Phi) is 3.78. The molecule has 0 N–H and O–H groups in total. The highest BCUT2D eigenvalue weighted by Gasteiger charge is 2.24. The lowest BCUT2D eigenvalue weighted by atomic mass is 10.2. The molecule has 1 aliphatic rings. The molecule has 1 fully saturated rings. The lowest BCUT2D eigenvalue weighted by Crippen LogP contribution is -2.46. The van der Waals surface area contributed by atoms with Gasteiger partial charge in [0.05, 0.1) is 10.6 Å². The van der Waals surface area contributed by atoms with Gasteiger partial charge in [-0.15, -0.1) is 0 Å². The summed E-state index contributed by atoms with van der Waals surface area (Å²) < 4.78 is 4.82. The molecule has 8 heteroatoms. The highest BCUT2D eigenvalue weighted by molar-refractivity contribution is 5.57. The minimum Gasteiger partial charge on any atom is -0.364 e. The maximum atomic E-state index is 11.1. The molecular formula is C13H15N5O3. The third-order valence-corrected chi connectivity index (χ3v) is 3.51. The monoisotopic (exact) mass is 289 g/mol. The van der Waals surface area contributed by atoms with E-state index in [9.17, 15) is 10.1 Å². The first-order chi connectivity index (χ1) is 10.2.